The van der Waals surface area contributed by atoms with Gasteiger partial charge in [0.25, 0.3) is 5.91 Å². The van der Waals surface area contributed by atoms with Crippen LogP contribution in [0.3, 0.4) is 0 Å². The van der Waals surface area contributed by atoms with Crippen LogP contribution < -0.4 is 10.1 Å². The fourth-order valence-electron chi connectivity index (χ4n) is 2.32. The molecule has 0 fully saturated rings. The molecule has 0 unspecified atom stereocenters. The Balaban J connectivity index is 1.91. The maximum Gasteiger partial charge on any atom is 0.278 e. The lowest BCUT2D eigenvalue weighted by molar-refractivity contribution is 0.102. The average molecular weight is 387 g/mol. The summed E-state index contributed by atoms with van der Waals surface area (Å²) in [5, 5.41) is 10.9. The number of ether oxygens (including phenoxy) is 1. The van der Waals surface area contributed by atoms with E-state index in [1.807, 2.05) is 36.4 Å². The van der Waals surface area contributed by atoms with E-state index in [1.165, 1.54) is 0 Å². The van der Waals surface area contributed by atoms with Crippen LogP contribution in [0.5, 0.6) is 5.75 Å². The van der Waals surface area contributed by atoms with E-state index in [-0.39, 0.29) is 11.6 Å². The minimum absolute atomic E-state index is 0.261. The van der Waals surface area contributed by atoms with Crippen molar-refractivity contribution in [1.29, 1.82) is 0 Å². The lowest BCUT2D eigenvalue weighted by atomic mass is 10.2. The Hall–Kier alpha value is -2.67. The van der Waals surface area contributed by atoms with Crippen LogP contribution in [0.25, 0.3) is 5.69 Å². The number of halogens is 1. The Labute approximate surface area is 147 Å². The van der Waals surface area contributed by atoms with Crippen molar-refractivity contribution < 1.29 is 9.53 Å². The molecular weight excluding hydrogens is 372 g/mol. The van der Waals surface area contributed by atoms with Gasteiger partial charge in [0.05, 0.1) is 24.2 Å². The van der Waals surface area contributed by atoms with Crippen molar-refractivity contribution in [2.75, 3.05) is 12.4 Å². The van der Waals surface area contributed by atoms with Crippen LogP contribution in [0.2, 0.25) is 0 Å². The highest BCUT2D eigenvalue weighted by Crippen LogP contribution is 2.25. The molecule has 0 bridgehead atoms. The topological polar surface area (TPSA) is 69.0 Å². The summed E-state index contributed by atoms with van der Waals surface area (Å²) in [6.07, 6.45) is 0. The molecule has 6 nitrogen and oxygen atoms in total. The van der Waals surface area contributed by atoms with Gasteiger partial charge in [0, 0.05) is 4.47 Å². The van der Waals surface area contributed by atoms with E-state index in [0.29, 0.717) is 17.1 Å². The molecule has 0 saturated carbocycles. The summed E-state index contributed by atoms with van der Waals surface area (Å²) in [5.41, 5.74) is 2.31. The Kier molecular flexibility index (Phi) is 4.61. The minimum Gasteiger partial charge on any atom is -0.495 e. The van der Waals surface area contributed by atoms with Crippen molar-refractivity contribution in [3.05, 3.63) is 64.4 Å². The predicted molar refractivity (Wildman–Crippen MR) is 94.7 cm³/mol. The molecule has 0 radical (unpaired) electrons. The van der Waals surface area contributed by atoms with E-state index in [9.17, 15) is 4.79 Å². The summed E-state index contributed by atoms with van der Waals surface area (Å²) >= 11 is 3.48. The maximum absolute atomic E-state index is 12.5. The number of hydrogen-bond donors (Lipinski definition) is 1. The van der Waals surface area contributed by atoms with Gasteiger partial charge in [0.2, 0.25) is 0 Å². The van der Waals surface area contributed by atoms with Crippen LogP contribution in [0.1, 0.15) is 16.2 Å². The summed E-state index contributed by atoms with van der Waals surface area (Å²) in [6, 6.07) is 14.8. The smallest absolute Gasteiger partial charge is 0.278 e. The first-order valence-corrected chi connectivity index (χ1v) is 8.02. The summed E-state index contributed by atoms with van der Waals surface area (Å²) < 4.78 is 7.74. The fourth-order valence-corrected chi connectivity index (χ4v) is 2.77. The van der Waals surface area contributed by atoms with Crippen LogP contribution in [0.15, 0.2) is 53.0 Å². The summed E-state index contributed by atoms with van der Waals surface area (Å²) in [4.78, 5) is 12.5. The van der Waals surface area contributed by atoms with Crippen LogP contribution in [-0.2, 0) is 0 Å². The van der Waals surface area contributed by atoms with Crippen LogP contribution in [0.4, 0.5) is 5.69 Å². The number of benzene rings is 2. The number of nitrogens with zero attached hydrogens (tertiary/aromatic N) is 3. The second-order valence-corrected chi connectivity index (χ2v) is 5.90. The van der Waals surface area contributed by atoms with Gasteiger partial charge in [-0.15, -0.1) is 5.10 Å². The van der Waals surface area contributed by atoms with E-state index >= 15 is 0 Å². The number of aromatic nitrogens is 3. The van der Waals surface area contributed by atoms with Gasteiger partial charge in [-0.1, -0.05) is 29.5 Å². The molecule has 0 aliphatic heterocycles. The third kappa shape index (κ3) is 3.03. The van der Waals surface area contributed by atoms with Gasteiger partial charge in [0.1, 0.15) is 5.75 Å². The highest BCUT2D eigenvalue weighted by atomic mass is 79.9. The molecule has 3 rings (SSSR count). The number of para-hydroxylation sites is 3. The highest BCUT2D eigenvalue weighted by molar-refractivity contribution is 9.10. The Morgan fingerprint density at radius 3 is 2.62 bits per heavy atom. The molecule has 3 aromatic rings. The predicted octanol–water partition coefficient (Wildman–Crippen LogP) is 3.60. The molecule has 1 heterocycles. The Bertz CT molecular complexity index is 892. The zero-order chi connectivity index (χ0) is 17.1. The monoisotopic (exact) mass is 386 g/mol. The fraction of sp³-hybridized carbons (Fsp3) is 0.118. The van der Waals surface area contributed by atoms with Gasteiger partial charge in [-0.2, -0.15) is 0 Å². The van der Waals surface area contributed by atoms with Crippen molar-refractivity contribution in [2.24, 2.45) is 0 Å². The van der Waals surface area contributed by atoms with Crippen molar-refractivity contribution in [3.63, 3.8) is 0 Å². The number of carbonyl (C=O) groups excluding carboxylic acids is 1. The number of rotatable bonds is 4. The second-order valence-electron chi connectivity index (χ2n) is 5.04. The van der Waals surface area contributed by atoms with Gasteiger partial charge >= 0.3 is 0 Å². The van der Waals surface area contributed by atoms with Crippen molar-refractivity contribution in [2.45, 2.75) is 6.92 Å². The summed E-state index contributed by atoms with van der Waals surface area (Å²) in [5.74, 6) is 0.247. The summed E-state index contributed by atoms with van der Waals surface area (Å²) in [7, 11) is 1.56. The third-order valence-corrected chi connectivity index (χ3v) is 4.22. The third-order valence-electron chi connectivity index (χ3n) is 3.55. The molecule has 0 aliphatic rings. The molecule has 0 atom stereocenters. The lowest BCUT2D eigenvalue weighted by Gasteiger charge is -2.09. The molecule has 24 heavy (non-hydrogen) atoms. The van der Waals surface area contributed by atoms with Crippen LogP contribution in [0, 0.1) is 6.92 Å². The van der Waals surface area contributed by atoms with E-state index < -0.39 is 0 Å². The first-order chi connectivity index (χ1) is 11.6. The average Bonchev–Trinajstić information content (AvgIpc) is 2.97. The van der Waals surface area contributed by atoms with E-state index in [1.54, 1.807) is 30.8 Å². The number of nitrogens with one attached hydrogen (secondary N) is 1. The van der Waals surface area contributed by atoms with E-state index in [2.05, 4.69) is 31.6 Å². The summed E-state index contributed by atoms with van der Waals surface area (Å²) in [6.45, 7) is 1.80. The molecule has 0 aliphatic carbocycles. The van der Waals surface area contributed by atoms with E-state index in [4.69, 9.17) is 4.74 Å². The molecule has 122 valence electrons. The minimum atomic E-state index is -0.338. The van der Waals surface area contributed by atoms with Crippen molar-refractivity contribution in [3.8, 4) is 11.4 Å². The van der Waals surface area contributed by atoms with Gasteiger partial charge < -0.3 is 10.1 Å². The maximum atomic E-state index is 12.5. The number of methoxy groups -OCH3 is 1. The van der Waals surface area contributed by atoms with Gasteiger partial charge in [0.15, 0.2) is 5.69 Å². The molecule has 1 amide bonds. The molecule has 1 N–H and O–H groups in total. The molecular formula is C17H15BrN4O2. The highest BCUT2D eigenvalue weighted by Gasteiger charge is 2.19. The first-order valence-electron chi connectivity index (χ1n) is 7.23. The van der Waals surface area contributed by atoms with Gasteiger partial charge in [-0.3, -0.25) is 4.79 Å². The van der Waals surface area contributed by atoms with Gasteiger partial charge in [-0.25, -0.2) is 4.68 Å². The normalized spacial score (nSPS) is 10.5. The van der Waals surface area contributed by atoms with Gasteiger partial charge in [-0.05, 0) is 47.1 Å². The lowest BCUT2D eigenvalue weighted by Crippen LogP contribution is -2.14. The van der Waals surface area contributed by atoms with Crippen molar-refractivity contribution in [1.82, 2.24) is 15.0 Å². The molecule has 0 saturated heterocycles. The van der Waals surface area contributed by atoms with Crippen molar-refractivity contribution >= 4 is 27.5 Å². The number of hydrogen-bond acceptors (Lipinski definition) is 4. The Morgan fingerprint density at radius 1 is 1.17 bits per heavy atom. The molecule has 0 spiro atoms. The van der Waals surface area contributed by atoms with Crippen LogP contribution in [-0.4, -0.2) is 28.0 Å². The first kappa shape index (κ1) is 16.2. The van der Waals surface area contributed by atoms with E-state index in [0.717, 1.165) is 10.2 Å². The van der Waals surface area contributed by atoms with Crippen LogP contribution >= 0.6 is 15.9 Å². The second kappa shape index (κ2) is 6.84. The number of carbonyl (C=O) groups is 1. The number of amides is 1. The molecule has 1 aromatic heterocycles. The molecule has 2 aromatic carbocycles. The molecule has 7 heteroatoms. The zero-order valence-corrected chi connectivity index (χ0v) is 14.7. The Morgan fingerprint density at radius 2 is 1.88 bits per heavy atom. The standard InChI is InChI=1S/C17H15BrN4O2/c1-11-16(17(23)19-13-8-4-6-10-15(13)24-2)20-21-22(11)14-9-5-3-7-12(14)18/h3-10H,1-2H3,(H,19,23). The number of anilines is 1. The largest absolute Gasteiger partial charge is 0.495 e. The zero-order valence-electron chi connectivity index (χ0n) is 13.2. The quantitative estimate of drug-likeness (QED) is 0.743. The SMILES string of the molecule is COc1ccccc1NC(=O)c1nnn(-c2ccccc2Br)c1C.